The summed E-state index contributed by atoms with van der Waals surface area (Å²) in [7, 11) is 0. The second-order valence-electron chi connectivity index (χ2n) is 3.26. The van der Waals surface area contributed by atoms with E-state index in [-0.39, 0.29) is 12.3 Å². The molecule has 4 nitrogen and oxygen atoms in total. The van der Waals surface area contributed by atoms with Crippen molar-refractivity contribution in [2.24, 2.45) is 0 Å². The van der Waals surface area contributed by atoms with Crippen LogP contribution in [0.25, 0.3) is 0 Å². The Labute approximate surface area is 102 Å². The van der Waals surface area contributed by atoms with Crippen molar-refractivity contribution in [2.75, 3.05) is 6.54 Å². The first kappa shape index (κ1) is 12.7. The summed E-state index contributed by atoms with van der Waals surface area (Å²) < 4.78 is 0.839. The van der Waals surface area contributed by atoms with E-state index in [9.17, 15) is 9.59 Å². The molecule has 0 aliphatic heterocycles. The molecule has 1 aromatic carbocycles. The lowest BCUT2D eigenvalue weighted by Gasteiger charge is -2.04. The van der Waals surface area contributed by atoms with Gasteiger partial charge in [0.2, 0.25) is 0 Å². The first-order chi connectivity index (χ1) is 7.59. The molecule has 1 rings (SSSR count). The summed E-state index contributed by atoms with van der Waals surface area (Å²) in [6.07, 6.45) is 0.508. The fourth-order valence-corrected chi connectivity index (χ4v) is 1.57. The summed E-state index contributed by atoms with van der Waals surface area (Å²) in [5, 5.41) is 11.1. The molecule has 0 aromatic heterocycles. The van der Waals surface area contributed by atoms with E-state index in [1.54, 1.807) is 18.2 Å². The molecular weight excluding hydrogens is 274 g/mol. The van der Waals surface area contributed by atoms with Crippen LogP contribution in [0.3, 0.4) is 0 Å². The molecule has 1 aromatic rings. The molecular formula is C11H12BrNO3. The average Bonchev–Trinajstić information content (AvgIpc) is 2.24. The molecule has 0 heterocycles. The topological polar surface area (TPSA) is 66.4 Å². The predicted molar refractivity (Wildman–Crippen MR) is 63.3 cm³/mol. The van der Waals surface area contributed by atoms with E-state index in [0.717, 1.165) is 4.47 Å². The maximum Gasteiger partial charge on any atom is 0.303 e. The number of rotatable bonds is 5. The van der Waals surface area contributed by atoms with Crippen molar-refractivity contribution in [3.63, 3.8) is 0 Å². The molecule has 1 amide bonds. The Morgan fingerprint density at radius 2 is 2.12 bits per heavy atom. The lowest BCUT2D eigenvalue weighted by Crippen LogP contribution is -2.24. The maximum atomic E-state index is 11.6. The van der Waals surface area contributed by atoms with E-state index in [0.29, 0.717) is 18.5 Å². The minimum absolute atomic E-state index is 0.0682. The highest BCUT2D eigenvalue weighted by molar-refractivity contribution is 9.10. The summed E-state index contributed by atoms with van der Waals surface area (Å²) in [6.45, 7) is 0.373. The van der Waals surface area contributed by atoms with Crippen molar-refractivity contribution in [2.45, 2.75) is 12.8 Å². The van der Waals surface area contributed by atoms with Crippen molar-refractivity contribution in [1.29, 1.82) is 0 Å². The van der Waals surface area contributed by atoms with E-state index in [4.69, 9.17) is 5.11 Å². The third-order valence-corrected chi connectivity index (χ3v) is 2.43. The predicted octanol–water partition coefficient (Wildman–Crippen LogP) is 2.04. The van der Waals surface area contributed by atoms with Crippen molar-refractivity contribution in [3.05, 3.63) is 34.3 Å². The number of carbonyl (C=O) groups excluding carboxylic acids is 1. The zero-order chi connectivity index (χ0) is 12.0. The van der Waals surface area contributed by atoms with Gasteiger partial charge < -0.3 is 10.4 Å². The summed E-state index contributed by atoms with van der Waals surface area (Å²) in [4.78, 5) is 21.8. The van der Waals surface area contributed by atoms with Gasteiger partial charge in [0.15, 0.2) is 0 Å². The van der Waals surface area contributed by atoms with Crippen LogP contribution in [-0.4, -0.2) is 23.5 Å². The normalized spacial score (nSPS) is 9.81. The van der Waals surface area contributed by atoms with Gasteiger partial charge in [-0.2, -0.15) is 0 Å². The molecule has 0 spiro atoms. The third-order valence-electron chi connectivity index (χ3n) is 1.94. The molecule has 0 saturated carbocycles. The molecule has 0 unspecified atom stereocenters. The fourth-order valence-electron chi connectivity index (χ4n) is 1.17. The fraction of sp³-hybridized carbons (Fsp3) is 0.273. The lowest BCUT2D eigenvalue weighted by molar-refractivity contribution is -0.137. The number of benzene rings is 1. The Hall–Kier alpha value is -1.36. The van der Waals surface area contributed by atoms with Gasteiger partial charge in [-0.05, 0) is 24.6 Å². The van der Waals surface area contributed by atoms with Crippen LogP contribution in [0, 0.1) is 0 Å². The van der Waals surface area contributed by atoms with Crippen molar-refractivity contribution < 1.29 is 14.7 Å². The largest absolute Gasteiger partial charge is 0.481 e. The summed E-state index contributed by atoms with van der Waals surface area (Å²) in [5.74, 6) is -1.04. The first-order valence-electron chi connectivity index (χ1n) is 4.85. The minimum atomic E-state index is -0.850. The van der Waals surface area contributed by atoms with Gasteiger partial charge in [-0.1, -0.05) is 22.0 Å². The molecule has 0 saturated heterocycles. The second-order valence-corrected chi connectivity index (χ2v) is 4.18. The van der Waals surface area contributed by atoms with E-state index in [1.807, 2.05) is 6.07 Å². The van der Waals surface area contributed by atoms with Gasteiger partial charge in [-0.25, -0.2) is 0 Å². The van der Waals surface area contributed by atoms with Gasteiger partial charge in [0.05, 0.1) is 0 Å². The van der Waals surface area contributed by atoms with Crippen LogP contribution in [0.15, 0.2) is 28.7 Å². The highest BCUT2D eigenvalue weighted by Gasteiger charge is 2.05. The number of halogens is 1. The van der Waals surface area contributed by atoms with E-state index in [2.05, 4.69) is 21.2 Å². The minimum Gasteiger partial charge on any atom is -0.481 e. The quantitative estimate of drug-likeness (QED) is 0.814. The van der Waals surface area contributed by atoms with Crippen LogP contribution in [0.1, 0.15) is 23.2 Å². The number of hydrogen-bond donors (Lipinski definition) is 2. The maximum absolute atomic E-state index is 11.6. The summed E-state index contributed by atoms with van der Waals surface area (Å²) >= 11 is 3.27. The number of carbonyl (C=O) groups is 2. The molecule has 0 aliphatic rings. The Kier molecular flexibility index (Phi) is 4.98. The van der Waals surface area contributed by atoms with Crippen LogP contribution in [0.5, 0.6) is 0 Å². The molecule has 0 aliphatic carbocycles. The number of amides is 1. The number of nitrogens with one attached hydrogen (secondary N) is 1. The van der Waals surface area contributed by atoms with Crippen LogP contribution < -0.4 is 5.32 Å². The van der Waals surface area contributed by atoms with E-state index >= 15 is 0 Å². The van der Waals surface area contributed by atoms with Gasteiger partial charge in [0, 0.05) is 23.0 Å². The Bertz CT molecular complexity index is 393. The van der Waals surface area contributed by atoms with Crippen LogP contribution in [-0.2, 0) is 4.79 Å². The molecule has 5 heteroatoms. The third kappa shape index (κ3) is 4.44. The zero-order valence-electron chi connectivity index (χ0n) is 8.57. The van der Waals surface area contributed by atoms with Crippen LogP contribution >= 0.6 is 15.9 Å². The number of carboxylic acid groups (broad SMARTS) is 1. The van der Waals surface area contributed by atoms with Gasteiger partial charge in [-0.3, -0.25) is 9.59 Å². The molecule has 0 atom stereocenters. The molecule has 0 radical (unpaired) electrons. The zero-order valence-corrected chi connectivity index (χ0v) is 10.2. The highest BCUT2D eigenvalue weighted by Crippen LogP contribution is 2.11. The average molecular weight is 286 g/mol. The standard InChI is InChI=1S/C11H12BrNO3/c12-9-4-1-3-8(7-9)11(16)13-6-2-5-10(14)15/h1,3-4,7H,2,5-6H2,(H,13,16)(H,14,15). The summed E-state index contributed by atoms with van der Waals surface area (Å²) in [5.41, 5.74) is 0.560. The van der Waals surface area contributed by atoms with Crippen molar-refractivity contribution in [1.82, 2.24) is 5.32 Å². The lowest BCUT2D eigenvalue weighted by atomic mass is 10.2. The highest BCUT2D eigenvalue weighted by atomic mass is 79.9. The summed E-state index contributed by atoms with van der Waals surface area (Å²) in [6, 6.07) is 7.03. The van der Waals surface area contributed by atoms with E-state index in [1.165, 1.54) is 0 Å². The van der Waals surface area contributed by atoms with Gasteiger partial charge in [-0.15, -0.1) is 0 Å². The molecule has 0 bridgehead atoms. The smallest absolute Gasteiger partial charge is 0.303 e. The molecule has 2 N–H and O–H groups in total. The Morgan fingerprint density at radius 3 is 2.75 bits per heavy atom. The van der Waals surface area contributed by atoms with Gasteiger partial charge in [0.25, 0.3) is 5.91 Å². The van der Waals surface area contributed by atoms with Crippen LogP contribution in [0.2, 0.25) is 0 Å². The molecule has 86 valence electrons. The van der Waals surface area contributed by atoms with Crippen LogP contribution in [0.4, 0.5) is 0 Å². The number of hydrogen-bond acceptors (Lipinski definition) is 2. The molecule has 0 fully saturated rings. The Balaban J connectivity index is 2.38. The second kappa shape index (κ2) is 6.27. The van der Waals surface area contributed by atoms with Gasteiger partial charge >= 0.3 is 5.97 Å². The Morgan fingerprint density at radius 1 is 1.38 bits per heavy atom. The monoisotopic (exact) mass is 285 g/mol. The van der Waals surface area contributed by atoms with Gasteiger partial charge in [0.1, 0.15) is 0 Å². The number of carboxylic acids is 1. The van der Waals surface area contributed by atoms with Crippen molar-refractivity contribution >= 4 is 27.8 Å². The first-order valence-corrected chi connectivity index (χ1v) is 5.64. The SMILES string of the molecule is O=C(O)CCCNC(=O)c1cccc(Br)c1. The van der Waals surface area contributed by atoms with Crippen molar-refractivity contribution in [3.8, 4) is 0 Å². The molecule has 16 heavy (non-hydrogen) atoms. The number of aliphatic carboxylic acids is 1. The van der Waals surface area contributed by atoms with E-state index < -0.39 is 5.97 Å².